The van der Waals surface area contributed by atoms with Gasteiger partial charge in [-0.3, -0.25) is 0 Å². The molecule has 2 rings (SSSR count). The molecule has 1 aliphatic heterocycles. The van der Waals surface area contributed by atoms with Crippen molar-refractivity contribution in [3.63, 3.8) is 0 Å². The van der Waals surface area contributed by atoms with Crippen LogP contribution in [0.2, 0.25) is 0 Å². The minimum absolute atomic E-state index is 0.215. The highest BCUT2D eigenvalue weighted by atomic mass is 32.2. The monoisotopic (exact) mass is 275 g/mol. The number of nitrogens with one attached hydrogen (secondary N) is 2. The second-order valence-corrected chi connectivity index (χ2v) is 8.07. The molecule has 0 radical (unpaired) electrons. The number of hydrogen-bond donors (Lipinski definition) is 2. The molecule has 2 fully saturated rings. The lowest BCUT2D eigenvalue weighted by Gasteiger charge is -2.29. The molecule has 1 unspecified atom stereocenters. The van der Waals surface area contributed by atoms with Gasteiger partial charge in [0.05, 0.1) is 0 Å². The van der Waals surface area contributed by atoms with Crippen LogP contribution >= 0.6 is 0 Å². The van der Waals surface area contributed by atoms with Crippen LogP contribution in [0.25, 0.3) is 0 Å². The zero-order valence-corrected chi connectivity index (χ0v) is 12.4. The first-order valence-corrected chi connectivity index (χ1v) is 8.26. The van der Waals surface area contributed by atoms with Crippen LogP contribution in [0, 0.1) is 0 Å². The van der Waals surface area contributed by atoms with E-state index in [0.717, 1.165) is 32.2 Å². The van der Waals surface area contributed by atoms with E-state index >= 15 is 0 Å². The highest BCUT2D eigenvalue weighted by Crippen LogP contribution is 2.30. The molecule has 0 bridgehead atoms. The van der Waals surface area contributed by atoms with Gasteiger partial charge in [0.1, 0.15) is 0 Å². The molecular formula is C12H25N3O2S. The van der Waals surface area contributed by atoms with E-state index < -0.39 is 15.7 Å². The van der Waals surface area contributed by atoms with Gasteiger partial charge >= 0.3 is 0 Å². The summed E-state index contributed by atoms with van der Waals surface area (Å²) in [6, 6.07) is 0.536. The smallest absolute Gasteiger partial charge is 0.280 e. The fourth-order valence-electron chi connectivity index (χ4n) is 2.38. The average Bonchev–Trinajstić information content (AvgIpc) is 2.88. The van der Waals surface area contributed by atoms with Gasteiger partial charge in [0.2, 0.25) is 0 Å². The minimum Gasteiger partial charge on any atom is -0.313 e. The first-order valence-electron chi connectivity index (χ1n) is 6.82. The van der Waals surface area contributed by atoms with Crippen LogP contribution in [0.5, 0.6) is 0 Å². The maximum absolute atomic E-state index is 12.4. The van der Waals surface area contributed by atoms with Crippen molar-refractivity contribution in [1.29, 1.82) is 0 Å². The van der Waals surface area contributed by atoms with Crippen molar-refractivity contribution in [3.05, 3.63) is 0 Å². The zero-order chi connectivity index (χ0) is 13.4. The lowest BCUT2D eigenvalue weighted by molar-refractivity contribution is 0.346. The Morgan fingerprint density at radius 1 is 1.28 bits per heavy atom. The van der Waals surface area contributed by atoms with E-state index in [-0.39, 0.29) is 6.04 Å². The van der Waals surface area contributed by atoms with Gasteiger partial charge in [-0.05, 0) is 53.0 Å². The maximum atomic E-state index is 12.4. The second kappa shape index (κ2) is 5.07. The summed E-state index contributed by atoms with van der Waals surface area (Å²) in [4.78, 5) is 0. The molecule has 2 N–H and O–H groups in total. The Bertz CT molecular complexity index is 379. The summed E-state index contributed by atoms with van der Waals surface area (Å²) in [5.41, 5.74) is -0.422. The van der Waals surface area contributed by atoms with Crippen molar-refractivity contribution in [2.75, 3.05) is 13.1 Å². The molecule has 0 aromatic heterocycles. The molecule has 18 heavy (non-hydrogen) atoms. The summed E-state index contributed by atoms with van der Waals surface area (Å²) in [7, 11) is -3.36. The van der Waals surface area contributed by atoms with Crippen LogP contribution in [-0.2, 0) is 10.2 Å². The summed E-state index contributed by atoms with van der Waals surface area (Å²) in [5, 5.41) is 3.37. The van der Waals surface area contributed by atoms with Gasteiger partial charge in [-0.25, -0.2) is 0 Å². The Morgan fingerprint density at radius 3 is 2.39 bits per heavy atom. The lowest BCUT2D eigenvalue weighted by atomic mass is 10.1. The van der Waals surface area contributed by atoms with Crippen LogP contribution in [0.15, 0.2) is 0 Å². The molecule has 1 atom stereocenters. The zero-order valence-electron chi connectivity index (χ0n) is 11.6. The first kappa shape index (κ1) is 14.2. The molecule has 2 aliphatic rings. The molecular weight excluding hydrogens is 250 g/mol. The molecule has 106 valence electrons. The van der Waals surface area contributed by atoms with Crippen LogP contribution < -0.4 is 10.0 Å². The lowest BCUT2D eigenvalue weighted by Crippen LogP contribution is -2.52. The molecule has 0 aromatic rings. The van der Waals surface area contributed by atoms with Crippen LogP contribution in [0.4, 0.5) is 0 Å². The van der Waals surface area contributed by atoms with Crippen LogP contribution in [-0.4, -0.2) is 43.4 Å². The molecule has 5 nitrogen and oxygen atoms in total. The van der Waals surface area contributed by atoms with Gasteiger partial charge in [0.25, 0.3) is 10.2 Å². The van der Waals surface area contributed by atoms with Gasteiger partial charge in [-0.2, -0.15) is 17.4 Å². The molecule has 0 amide bonds. The van der Waals surface area contributed by atoms with Gasteiger partial charge in [-0.1, -0.05) is 0 Å². The third kappa shape index (κ3) is 3.91. The molecule has 1 aliphatic carbocycles. The van der Waals surface area contributed by atoms with Gasteiger partial charge in [0, 0.05) is 24.2 Å². The van der Waals surface area contributed by atoms with Crippen molar-refractivity contribution < 1.29 is 8.42 Å². The highest BCUT2D eigenvalue weighted by molar-refractivity contribution is 7.87. The Kier molecular flexibility index (Phi) is 4.02. The Morgan fingerprint density at radius 2 is 1.94 bits per heavy atom. The van der Waals surface area contributed by atoms with Crippen molar-refractivity contribution in [1.82, 2.24) is 14.3 Å². The average molecular weight is 275 g/mol. The highest BCUT2D eigenvalue weighted by Gasteiger charge is 2.40. The van der Waals surface area contributed by atoms with E-state index in [2.05, 4.69) is 10.0 Å². The third-order valence-corrected chi connectivity index (χ3v) is 5.20. The maximum Gasteiger partial charge on any atom is 0.280 e. The SMILES string of the molecule is CC(C)(C)NS(=O)(=O)N(CC1CCCN1)C1CC1. The van der Waals surface area contributed by atoms with Crippen molar-refractivity contribution in [2.45, 2.75) is 64.1 Å². The summed E-state index contributed by atoms with van der Waals surface area (Å²) >= 11 is 0. The normalized spacial score (nSPS) is 25.9. The van der Waals surface area contributed by atoms with Crippen LogP contribution in [0.1, 0.15) is 46.5 Å². The Hall–Kier alpha value is -0.170. The van der Waals surface area contributed by atoms with Gasteiger partial charge in [0.15, 0.2) is 0 Å². The fraction of sp³-hybridized carbons (Fsp3) is 1.00. The van der Waals surface area contributed by atoms with Crippen molar-refractivity contribution in [3.8, 4) is 0 Å². The van der Waals surface area contributed by atoms with E-state index in [1.54, 1.807) is 4.31 Å². The largest absolute Gasteiger partial charge is 0.313 e. The number of nitrogens with zero attached hydrogens (tertiary/aromatic N) is 1. The summed E-state index contributed by atoms with van der Waals surface area (Å²) < 4.78 is 29.2. The number of hydrogen-bond acceptors (Lipinski definition) is 3. The van der Waals surface area contributed by atoms with Crippen molar-refractivity contribution >= 4 is 10.2 Å². The molecule has 0 spiro atoms. The summed E-state index contributed by atoms with van der Waals surface area (Å²) in [6.45, 7) is 7.25. The minimum atomic E-state index is -3.36. The predicted molar refractivity (Wildman–Crippen MR) is 72.6 cm³/mol. The van der Waals surface area contributed by atoms with Crippen LogP contribution in [0.3, 0.4) is 0 Å². The quantitative estimate of drug-likeness (QED) is 0.781. The van der Waals surface area contributed by atoms with Gasteiger partial charge in [-0.15, -0.1) is 0 Å². The van der Waals surface area contributed by atoms with Crippen molar-refractivity contribution in [2.24, 2.45) is 0 Å². The molecule has 1 saturated carbocycles. The topological polar surface area (TPSA) is 61.4 Å². The van der Waals surface area contributed by atoms with E-state index in [0.29, 0.717) is 12.6 Å². The van der Waals surface area contributed by atoms with E-state index in [1.807, 2.05) is 20.8 Å². The molecule has 1 saturated heterocycles. The second-order valence-electron chi connectivity index (χ2n) is 6.45. The van der Waals surface area contributed by atoms with Gasteiger partial charge < -0.3 is 5.32 Å². The molecule has 0 aromatic carbocycles. The number of rotatable bonds is 5. The summed E-state index contributed by atoms with van der Waals surface area (Å²) in [5.74, 6) is 0. The summed E-state index contributed by atoms with van der Waals surface area (Å²) in [6.07, 6.45) is 4.22. The Balaban J connectivity index is 2.04. The van der Waals surface area contributed by atoms with E-state index in [9.17, 15) is 8.42 Å². The third-order valence-electron chi connectivity index (χ3n) is 3.26. The molecule has 6 heteroatoms. The predicted octanol–water partition coefficient (Wildman–Crippen LogP) is 0.836. The Labute approximate surface area is 110 Å². The standard InChI is InChI=1S/C12H25N3O2S/c1-12(2,3)14-18(16,17)15(11-6-7-11)9-10-5-4-8-13-10/h10-11,13-14H,4-9H2,1-3H3. The first-order chi connectivity index (χ1) is 8.28. The fourth-order valence-corrected chi connectivity index (χ4v) is 4.25. The molecule has 1 heterocycles. The van der Waals surface area contributed by atoms with E-state index in [4.69, 9.17) is 0 Å². The van der Waals surface area contributed by atoms with E-state index in [1.165, 1.54) is 0 Å².